The smallest absolute Gasteiger partial charge is 0.0618 e. The lowest BCUT2D eigenvalue weighted by atomic mass is 10.2. The van der Waals surface area contributed by atoms with Gasteiger partial charge in [0.05, 0.1) is 11.4 Å². The predicted molar refractivity (Wildman–Crippen MR) is 78.3 cm³/mol. The van der Waals surface area contributed by atoms with E-state index in [1.165, 1.54) is 0 Å². The highest BCUT2D eigenvalue weighted by atomic mass is 127. The van der Waals surface area contributed by atoms with Gasteiger partial charge in [-0.25, -0.2) is 0 Å². The van der Waals surface area contributed by atoms with Crippen LogP contribution in [0.3, 0.4) is 0 Å². The molecule has 16 heavy (non-hydrogen) atoms. The summed E-state index contributed by atoms with van der Waals surface area (Å²) in [5.74, 6) is 0. The average molecular weight is 345 g/mol. The molecule has 82 valence electrons. The van der Waals surface area contributed by atoms with Gasteiger partial charge in [0.2, 0.25) is 0 Å². The van der Waals surface area contributed by atoms with Gasteiger partial charge in [-0.3, -0.25) is 0 Å². The zero-order valence-electron chi connectivity index (χ0n) is 8.37. The van der Waals surface area contributed by atoms with Gasteiger partial charge in [0.25, 0.3) is 0 Å². The topological polar surface area (TPSA) is 38.0 Å². The van der Waals surface area contributed by atoms with E-state index in [-0.39, 0.29) is 0 Å². The molecule has 0 bridgehead atoms. The molecule has 0 amide bonds. The van der Waals surface area contributed by atoms with Gasteiger partial charge >= 0.3 is 0 Å². The molecule has 3 N–H and O–H groups in total. The number of rotatable bonds is 2. The van der Waals surface area contributed by atoms with E-state index in [1.54, 1.807) is 0 Å². The maximum atomic E-state index is 5.91. The molecule has 0 spiro atoms. The van der Waals surface area contributed by atoms with Gasteiger partial charge in [-0.15, -0.1) is 0 Å². The van der Waals surface area contributed by atoms with Crippen LogP contribution in [0.15, 0.2) is 42.5 Å². The average Bonchev–Trinajstić information content (AvgIpc) is 2.22. The van der Waals surface area contributed by atoms with Crippen LogP contribution >= 0.6 is 34.2 Å². The van der Waals surface area contributed by atoms with Crippen molar-refractivity contribution in [2.24, 2.45) is 0 Å². The second-order valence-electron chi connectivity index (χ2n) is 3.37. The minimum absolute atomic E-state index is 0.703. The van der Waals surface area contributed by atoms with Gasteiger partial charge < -0.3 is 11.1 Å². The molecule has 2 aromatic rings. The van der Waals surface area contributed by atoms with Crippen LogP contribution in [0.25, 0.3) is 0 Å². The Kier molecular flexibility index (Phi) is 3.56. The maximum absolute atomic E-state index is 5.91. The monoisotopic (exact) mass is 344 g/mol. The molecule has 0 radical (unpaired) electrons. The summed E-state index contributed by atoms with van der Waals surface area (Å²) in [6, 6.07) is 13.4. The van der Waals surface area contributed by atoms with Gasteiger partial charge in [0, 0.05) is 14.3 Å². The lowest BCUT2D eigenvalue weighted by Gasteiger charge is -2.09. The molecule has 2 nitrogen and oxygen atoms in total. The second-order valence-corrected chi connectivity index (χ2v) is 5.05. The zero-order valence-corrected chi connectivity index (χ0v) is 11.3. The van der Waals surface area contributed by atoms with E-state index in [0.717, 1.165) is 20.6 Å². The first-order chi connectivity index (χ1) is 7.65. The Labute approximate surface area is 113 Å². The highest BCUT2D eigenvalue weighted by Gasteiger charge is 2.00. The molecular formula is C12H10ClIN2. The van der Waals surface area contributed by atoms with Crippen molar-refractivity contribution >= 4 is 51.3 Å². The highest BCUT2D eigenvalue weighted by Crippen LogP contribution is 2.25. The number of hydrogen-bond donors (Lipinski definition) is 2. The summed E-state index contributed by atoms with van der Waals surface area (Å²) in [6.07, 6.45) is 0. The molecule has 2 aromatic carbocycles. The van der Waals surface area contributed by atoms with Crippen LogP contribution in [0.2, 0.25) is 5.02 Å². The summed E-state index contributed by atoms with van der Waals surface area (Å²) in [6.45, 7) is 0. The fourth-order valence-corrected chi connectivity index (χ4v) is 2.07. The molecule has 0 aromatic heterocycles. The number of nitrogen functional groups attached to an aromatic ring is 1. The third-order valence-electron chi connectivity index (χ3n) is 2.12. The largest absolute Gasteiger partial charge is 0.397 e. The summed E-state index contributed by atoms with van der Waals surface area (Å²) >= 11 is 8.13. The molecule has 0 saturated carbocycles. The first-order valence-corrected chi connectivity index (χ1v) is 6.18. The summed E-state index contributed by atoms with van der Waals surface area (Å²) in [4.78, 5) is 0. The first-order valence-electron chi connectivity index (χ1n) is 4.73. The van der Waals surface area contributed by atoms with Crippen molar-refractivity contribution in [3.63, 3.8) is 0 Å². The molecule has 0 saturated heterocycles. The van der Waals surface area contributed by atoms with E-state index in [2.05, 4.69) is 27.9 Å². The van der Waals surface area contributed by atoms with Crippen LogP contribution in [-0.2, 0) is 0 Å². The molecule has 0 aliphatic carbocycles. The standard InChI is InChI=1S/C12H10ClIN2/c13-8-2-1-3-10(6-8)16-12-5-4-9(14)7-11(12)15/h1-7,16H,15H2. The Hall–Kier alpha value is -0.940. The molecule has 0 fully saturated rings. The van der Waals surface area contributed by atoms with E-state index < -0.39 is 0 Å². The van der Waals surface area contributed by atoms with Crippen molar-refractivity contribution in [2.75, 3.05) is 11.1 Å². The molecule has 0 unspecified atom stereocenters. The summed E-state index contributed by atoms with van der Waals surface area (Å²) in [7, 11) is 0. The van der Waals surface area contributed by atoms with Gasteiger partial charge in [-0.1, -0.05) is 17.7 Å². The van der Waals surface area contributed by atoms with Gasteiger partial charge in [-0.2, -0.15) is 0 Å². The first kappa shape index (κ1) is 11.5. The van der Waals surface area contributed by atoms with Gasteiger partial charge in [0.15, 0.2) is 0 Å². The third kappa shape index (κ3) is 2.80. The van der Waals surface area contributed by atoms with E-state index in [9.17, 15) is 0 Å². The Bertz CT molecular complexity index is 514. The van der Waals surface area contributed by atoms with E-state index in [4.69, 9.17) is 17.3 Å². The lowest BCUT2D eigenvalue weighted by molar-refractivity contribution is 1.53. The van der Waals surface area contributed by atoms with Crippen LogP contribution < -0.4 is 11.1 Å². The van der Waals surface area contributed by atoms with Gasteiger partial charge in [-0.05, 0) is 59.0 Å². The molecule has 0 aliphatic rings. The lowest BCUT2D eigenvalue weighted by Crippen LogP contribution is -1.96. The number of nitrogens with two attached hydrogens (primary N) is 1. The van der Waals surface area contributed by atoms with Crippen molar-refractivity contribution in [2.45, 2.75) is 0 Å². The summed E-state index contributed by atoms with van der Waals surface area (Å²) in [5.41, 5.74) is 8.46. The van der Waals surface area contributed by atoms with Crippen LogP contribution in [0.5, 0.6) is 0 Å². The van der Waals surface area contributed by atoms with E-state index in [1.807, 2.05) is 42.5 Å². The van der Waals surface area contributed by atoms with Crippen molar-refractivity contribution in [1.82, 2.24) is 0 Å². The number of benzene rings is 2. The maximum Gasteiger partial charge on any atom is 0.0618 e. The molecule has 0 aliphatic heterocycles. The highest BCUT2D eigenvalue weighted by molar-refractivity contribution is 14.1. The van der Waals surface area contributed by atoms with Crippen molar-refractivity contribution in [3.8, 4) is 0 Å². The third-order valence-corrected chi connectivity index (χ3v) is 3.02. The fourth-order valence-electron chi connectivity index (χ4n) is 1.37. The zero-order chi connectivity index (χ0) is 11.5. The fraction of sp³-hybridized carbons (Fsp3) is 0. The van der Waals surface area contributed by atoms with Crippen LogP contribution in [0.4, 0.5) is 17.1 Å². The number of anilines is 3. The Balaban J connectivity index is 2.27. The minimum atomic E-state index is 0.703. The summed E-state index contributed by atoms with van der Waals surface area (Å²) < 4.78 is 1.12. The normalized spacial score (nSPS) is 10.1. The molecule has 2 rings (SSSR count). The second kappa shape index (κ2) is 4.93. The Morgan fingerprint density at radius 1 is 1.12 bits per heavy atom. The quantitative estimate of drug-likeness (QED) is 0.631. The molecular weight excluding hydrogens is 335 g/mol. The van der Waals surface area contributed by atoms with E-state index >= 15 is 0 Å². The number of hydrogen-bond acceptors (Lipinski definition) is 2. The van der Waals surface area contributed by atoms with Crippen molar-refractivity contribution < 1.29 is 0 Å². The van der Waals surface area contributed by atoms with Crippen LogP contribution in [0.1, 0.15) is 0 Å². The summed E-state index contributed by atoms with van der Waals surface area (Å²) in [5, 5.41) is 3.93. The van der Waals surface area contributed by atoms with Crippen molar-refractivity contribution in [3.05, 3.63) is 51.1 Å². The van der Waals surface area contributed by atoms with Crippen molar-refractivity contribution in [1.29, 1.82) is 0 Å². The predicted octanol–water partition coefficient (Wildman–Crippen LogP) is 4.27. The Morgan fingerprint density at radius 3 is 2.62 bits per heavy atom. The molecule has 0 heterocycles. The van der Waals surface area contributed by atoms with E-state index in [0.29, 0.717) is 5.02 Å². The molecule has 4 heteroatoms. The van der Waals surface area contributed by atoms with Gasteiger partial charge in [0.1, 0.15) is 0 Å². The minimum Gasteiger partial charge on any atom is -0.397 e. The Morgan fingerprint density at radius 2 is 1.94 bits per heavy atom. The molecule has 0 atom stereocenters. The van der Waals surface area contributed by atoms with Crippen LogP contribution in [0, 0.1) is 3.57 Å². The SMILES string of the molecule is Nc1cc(I)ccc1Nc1cccc(Cl)c1. The van der Waals surface area contributed by atoms with Crippen LogP contribution in [-0.4, -0.2) is 0 Å². The number of halogens is 2. The number of nitrogens with one attached hydrogen (secondary N) is 1.